The standard InChI is InChI=1S/C17H23NO3/c19-8-4-7-18-16-9-15(10-17(20)11-16)13-21-12-14-5-2-1-3-6-14/h1-3,5-6,11,15,18-19H,4,7-10,12-13H2. The highest BCUT2D eigenvalue weighted by Gasteiger charge is 2.20. The van der Waals surface area contributed by atoms with E-state index in [0.717, 1.165) is 17.7 Å². The summed E-state index contributed by atoms with van der Waals surface area (Å²) in [6, 6.07) is 10.0. The van der Waals surface area contributed by atoms with E-state index in [4.69, 9.17) is 9.84 Å². The Bertz CT molecular complexity index is 470. The molecule has 114 valence electrons. The zero-order chi connectivity index (χ0) is 14.9. The Hall–Kier alpha value is -1.65. The van der Waals surface area contributed by atoms with E-state index in [1.807, 2.05) is 30.3 Å². The second-order valence-corrected chi connectivity index (χ2v) is 5.41. The largest absolute Gasteiger partial charge is 0.396 e. The first-order valence-electron chi connectivity index (χ1n) is 7.47. The van der Waals surface area contributed by atoms with Crippen LogP contribution in [-0.2, 0) is 16.1 Å². The van der Waals surface area contributed by atoms with Crippen molar-refractivity contribution in [2.45, 2.75) is 25.9 Å². The minimum atomic E-state index is 0.154. The highest BCUT2D eigenvalue weighted by atomic mass is 16.5. The van der Waals surface area contributed by atoms with Gasteiger partial charge in [-0.3, -0.25) is 4.79 Å². The van der Waals surface area contributed by atoms with Gasteiger partial charge in [0.25, 0.3) is 0 Å². The van der Waals surface area contributed by atoms with Crippen LogP contribution in [0, 0.1) is 5.92 Å². The van der Waals surface area contributed by atoms with Crippen molar-refractivity contribution in [2.24, 2.45) is 5.92 Å². The van der Waals surface area contributed by atoms with Gasteiger partial charge in [0.1, 0.15) is 0 Å². The number of ether oxygens (including phenoxy) is 1. The first kappa shape index (κ1) is 15.7. The minimum Gasteiger partial charge on any atom is -0.396 e. The fourth-order valence-electron chi connectivity index (χ4n) is 2.47. The molecule has 0 bridgehead atoms. The SMILES string of the molecule is O=C1C=C(NCCCO)CC(COCc2ccccc2)C1. The quantitative estimate of drug-likeness (QED) is 0.719. The molecule has 1 aromatic carbocycles. The van der Waals surface area contributed by atoms with Gasteiger partial charge >= 0.3 is 0 Å². The molecule has 4 heteroatoms. The number of ketones is 1. The molecule has 0 aromatic heterocycles. The third-order valence-corrected chi connectivity index (χ3v) is 3.49. The second kappa shape index (κ2) is 8.60. The topological polar surface area (TPSA) is 58.6 Å². The number of aliphatic hydroxyl groups is 1. The zero-order valence-electron chi connectivity index (χ0n) is 12.3. The Kier molecular flexibility index (Phi) is 6.44. The summed E-state index contributed by atoms with van der Waals surface area (Å²) in [5, 5.41) is 12.0. The van der Waals surface area contributed by atoms with Gasteiger partial charge in [-0.15, -0.1) is 0 Å². The molecule has 2 N–H and O–H groups in total. The molecule has 0 spiro atoms. The van der Waals surface area contributed by atoms with E-state index < -0.39 is 0 Å². The molecule has 1 atom stereocenters. The molecule has 0 radical (unpaired) electrons. The molecular weight excluding hydrogens is 266 g/mol. The number of allylic oxidation sites excluding steroid dienone is 2. The number of hydrogen-bond acceptors (Lipinski definition) is 4. The third kappa shape index (κ3) is 5.69. The van der Waals surface area contributed by atoms with Crippen molar-refractivity contribution in [3.8, 4) is 0 Å². The number of rotatable bonds is 8. The van der Waals surface area contributed by atoms with E-state index in [-0.39, 0.29) is 18.3 Å². The van der Waals surface area contributed by atoms with E-state index in [9.17, 15) is 4.79 Å². The van der Waals surface area contributed by atoms with Gasteiger partial charge in [-0.1, -0.05) is 30.3 Å². The Morgan fingerprint density at radius 3 is 2.81 bits per heavy atom. The predicted octanol–water partition coefficient (Wildman–Crippen LogP) is 2.04. The summed E-state index contributed by atoms with van der Waals surface area (Å²) in [6.45, 7) is 2.05. The van der Waals surface area contributed by atoms with Crippen LogP contribution in [0.25, 0.3) is 0 Å². The lowest BCUT2D eigenvalue weighted by molar-refractivity contribution is -0.116. The van der Waals surface area contributed by atoms with Crippen molar-refractivity contribution in [3.63, 3.8) is 0 Å². The lowest BCUT2D eigenvalue weighted by Gasteiger charge is -2.23. The monoisotopic (exact) mass is 289 g/mol. The molecule has 2 rings (SSSR count). The van der Waals surface area contributed by atoms with Crippen LogP contribution in [0.3, 0.4) is 0 Å². The Balaban J connectivity index is 1.74. The van der Waals surface area contributed by atoms with E-state index in [1.54, 1.807) is 6.08 Å². The normalized spacial score (nSPS) is 18.4. The molecule has 0 aliphatic heterocycles. The van der Waals surface area contributed by atoms with E-state index in [1.165, 1.54) is 0 Å². The smallest absolute Gasteiger partial charge is 0.157 e. The molecule has 1 aliphatic rings. The number of aliphatic hydroxyl groups excluding tert-OH is 1. The lowest BCUT2D eigenvalue weighted by atomic mass is 9.92. The molecule has 0 saturated heterocycles. The van der Waals surface area contributed by atoms with Crippen LogP contribution in [0.4, 0.5) is 0 Å². The number of hydrogen-bond donors (Lipinski definition) is 2. The first-order chi connectivity index (χ1) is 10.3. The summed E-state index contributed by atoms with van der Waals surface area (Å²) in [4.78, 5) is 11.7. The maximum atomic E-state index is 11.7. The highest BCUT2D eigenvalue weighted by molar-refractivity contribution is 5.91. The molecular formula is C17H23NO3. The fraction of sp³-hybridized carbons (Fsp3) is 0.471. The molecule has 0 amide bonds. The average molecular weight is 289 g/mol. The van der Waals surface area contributed by atoms with Gasteiger partial charge in [-0.25, -0.2) is 0 Å². The van der Waals surface area contributed by atoms with Gasteiger partial charge in [-0.2, -0.15) is 0 Å². The summed E-state index contributed by atoms with van der Waals surface area (Å²) in [5.74, 6) is 0.392. The van der Waals surface area contributed by atoms with Gasteiger partial charge in [0.15, 0.2) is 5.78 Å². The number of carbonyl (C=O) groups excluding carboxylic acids is 1. The Morgan fingerprint density at radius 1 is 1.24 bits per heavy atom. The van der Waals surface area contributed by atoms with E-state index >= 15 is 0 Å². The van der Waals surface area contributed by atoms with Crippen LogP contribution in [0.5, 0.6) is 0 Å². The summed E-state index contributed by atoms with van der Waals surface area (Å²) in [7, 11) is 0. The summed E-state index contributed by atoms with van der Waals surface area (Å²) >= 11 is 0. The van der Waals surface area contributed by atoms with E-state index in [2.05, 4.69) is 5.32 Å². The van der Waals surface area contributed by atoms with Crippen LogP contribution in [-0.4, -0.2) is 30.6 Å². The summed E-state index contributed by atoms with van der Waals surface area (Å²) in [5.41, 5.74) is 2.12. The van der Waals surface area contributed by atoms with Crippen molar-refractivity contribution in [1.29, 1.82) is 0 Å². The average Bonchev–Trinajstić information content (AvgIpc) is 2.48. The molecule has 1 unspecified atom stereocenters. The Labute approximate surface area is 125 Å². The molecule has 0 heterocycles. The van der Waals surface area contributed by atoms with E-state index in [0.29, 0.717) is 32.6 Å². The number of nitrogens with one attached hydrogen (secondary N) is 1. The highest BCUT2D eigenvalue weighted by Crippen LogP contribution is 2.21. The lowest BCUT2D eigenvalue weighted by Crippen LogP contribution is -2.26. The van der Waals surface area contributed by atoms with Crippen molar-refractivity contribution in [1.82, 2.24) is 5.32 Å². The van der Waals surface area contributed by atoms with Crippen LogP contribution in [0.15, 0.2) is 42.1 Å². The number of carbonyl (C=O) groups is 1. The Morgan fingerprint density at radius 2 is 2.05 bits per heavy atom. The maximum Gasteiger partial charge on any atom is 0.157 e. The molecule has 1 aliphatic carbocycles. The molecule has 21 heavy (non-hydrogen) atoms. The van der Waals surface area contributed by atoms with Crippen molar-refractivity contribution in [3.05, 3.63) is 47.7 Å². The maximum absolute atomic E-state index is 11.7. The van der Waals surface area contributed by atoms with Gasteiger partial charge < -0.3 is 15.2 Å². The molecule has 0 saturated carbocycles. The minimum absolute atomic E-state index is 0.154. The van der Waals surface area contributed by atoms with Crippen LogP contribution in [0.2, 0.25) is 0 Å². The van der Waals surface area contributed by atoms with Gasteiger partial charge in [-0.05, 0) is 24.3 Å². The zero-order valence-corrected chi connectivity index (χ0v) is 12.3. The van der Waals surface area contributed by atoms with Crippen LogP contribution < -0.4 is 5.32 Å². The van der Waals surface area contributed by atoms with Crippen LogP contribution in [0.1, 0.15) is 24.8 Å². The van der Waals surface area contributed by atoms with Crippen molar-refractivity contribution >= 4 is 5.78 Å². The molecule has 0 fully saturated rings. The predicted molar refractivity (Wildman–Crippen MR) is 81.6 cm³/mol. The number of benzene rings is 1. The third-order valence-electron chi connectivity index (χ3n) is 3.49. The molecule has 4 nitrogen and oxygen atoms in total. The second-order valence-electron chi connectivity index (χ2n) is 5.41. The van der Waals surface area contributed by atoms with Gasteiger partial charge in [0.2, 0.25) is 0 Å². The summed E-state index contributed by atoms with van der Waals surface area (Å²) < 4.78 is 5.73. The van der Waals surface area contributed by atoms with Crippen LogP contribution >= 0.6 is 0 Å². The van der Waals surface area contributed by atoms with Gasteiger partial charge in [0, 0.05) is 31.3 Å². The fourth-order valence-corrected chi connectivity index (χ4v) is 2.47. The first-order valence-corrected chi connectivity index (χ1v) is 7.47. The van der Waals surface area contributed by atoms with Crippen molar-refractivity contribution in [2.75, 3.05) is 19.8 Å². The summed E-state index contributed by atoms with van der Waals surface area (Å²) in [6.07, 6.45) is 3.78. The van der Waals surface area contributed by atoms with Crippen molar-refractivity contribution < 1.29 is 14.6 Å². The molecule has 1 aromatic rings. The van der Waals surface area contributed by atoms with Gasteiger partial charge in [0.05, 0.1) is 13.2 Å².